The van der Waals surface area contributed by atoms with E-state index in [1.54, 1.807) is 0 Å². The van der Waals surface area contributed by atoms with E-state index in [-0.39, 0.29) is 0 Å². The first-order valence-electron chi connectivity index (χ1n) is 6.55. The van der Waals surface area contributed by atoms with Crippen molar-refractivity contribution in [2.75, 3.05) is 43.9 Å². The minimum atomic E-state index is 0.842. The SMILES string of the molecule is CN(CCCN1CCCC1)c1cccc(N)c1. The van der Waals surface area contributed by atoms with E-state index < -0.39 is 0 Å². The molecule has 3 nitrogen and oxygen atoms in total. The Balaban J connectivity index is 1.74. The van der Waals surface area contributed by atoms with Crippen LogP contribution in [0.5, 0.6) is 0 Å². The highest BCUT2D eigenvalue weighted by Gasteiger charge is 2.10. The predicted molar refractivity (Wildman–Crippen MR) is 74.4 cm³/mol. The second kappa shape index (κ2) is 5.92. The van der Waals surface area contributed by atoms with Crippen LogP contribution in [0.3, 0.4) is 0 Å². The lowest BCUT2D eigenvalue weighted by Crippen LogP contribution is -2.26. The van der Waals surface area contributed by atoms with Crippen molar-refractivity contribution in [2.45, 2.75) is 19.3 Å². The fourth-order valence-electron chi connectivity index (χ4n) is 2.43. The van der Waals surface area contributed by atoms with Crippen LogP contribution in [0, 0.1) is 0 Å². The van der Waals surface area contributed by atoms with Gasteiger partial charge in [-0.05, 0) is 57.1 Å². The van der Waals surface area contributed by atoms with E-state index in [0.29, 0.717) is 0 Å². The number of hydrogen-bond acceptors (Lipinski definition) is 3. The molecule has 1 aromatic carbocycles. The quantitative estimate of drug-likeness (QED) is 0.791. The van der Waals surface area contributed by atoms with Gasteiger partial charge >= 0.3 is 0 Å². The standard InChI is InChI=1S/C14H23N3/c1-16(14-7-4-6-13(15)12-14)8-5-11-17-9-2-3-10-17/h4,6-7,12H,2-3,5,8-11,15H2,1H3. The maximum atomic E-state index is 5.79. The van der Waals surface area contributed by atoms with Gasteiger partial charge < -0.3 is 15.5 Å². The number of benzene rings is 1. The second-order valence-corrected chi connectivity index (χ2v) is 4.92. The van der Waals surface area contributed by atoms with Crippen LogP contribution >= 0.6 is 0 Å². The van der Waals surface area contributed by atoms with Crippen LogP contribution in [-0.4, -0.2) is 38.1 Å². The van der Waals surface area contributed by atoms with Crippen molar-refractivity contribution >= 4 is 11.4 Å². The maximum Gasteiger partial charge on any atom is 0.0384 e. The van der Waals surface area contributed by atoms with Crippen molar-refractivity contribution in [3.05, 3.63) is 24.3 Å². The third-order valence-corrected chi connectivity index (χ3v) is 3.48. The minimum Gasteiger partial charge on any atom is -0.399 e. The molecule has 0 unspecified atom stereocenters. The summed E-state index contributed by atoms with van der Waals surface area (Å²) in [5.41, 5.74) is 7.85. The Labute approximate surface area is 104 Å². The Kier molecular flexibility index (Phi) is 4.26. The van der Waals surface area contributed by atoms with Gasteiger partial charge in [0.25, 0.3) is 0 Å². The summed E-state index contributed by atoms with van der Waals surface area (Å²) >= 11 is 0. The zero-order chi connectivity index (χ0) is 12.1. The summed E-state index contributed by atoms with van der Waals surface area (Å²) in [6, 6.07) is 8.10. The Morgan fingerprint density at radius 3 is 2.76 bits per heavy atom. The van der Waals surface area contributed by atoms with Crippen LogP contribution in [0.1, 0.15) is 19.3 Å². The molecule has 3 heteroatoms. The Hall–Kier alpha value is -1.22. The van der Waals surface area contributed by atoms with Gasteiger partial charge in [-0.2, -0.15) is 0 Å². The molecule has 0 aromatic heterocycles. The van der Waals surface area contributed by atoms with Crippen LogP contribution in [0.15, 0.2) is 24.3 Å². The molecule has 1 aliphatic heterocycles. The third-order valence-electron chi connectivity index (χ3n) is 3.48. The van der Waals surface area contributed by atoms with E-state index in [1.165, 1.54) is 44.6 Å². The normalized spacial score (nSPS) is 16.3. The number of nitrogens with two attached hydrogens (primary N) is 1. The number of hydrogen-bond donors (Lipinski definition) is 1. The van der Waals surface area contributed by atoms with Crippen molar-refractivity contribution in [3.8, 4) is 0 Å². The van der Waals surface area contributed by atoms with Crippen LogP contribution < -0.4 is 10.6 Å². The van der Waals surface area contributed by atoms with E-state index in [2.05, 4.69) is 22.9 Å². The van der Waals surface area contributed by atoms with E-state index >= 15 is 0 Å². The molecule has 17 heavy (non-hydrogen) atoms. The van der Waals surface area contributed by atoms with E-state index in [4.69, 9.17) is 5.73 Å². The topological polar surface area (TPSA) is 32.5 Å². The molecule has 2 rings (SSSR count). The first-order valence-corrected chi connectivity index (χ1v) is 6.55. The smallest absolute Gasteiger partial charge is 0.0384 e. The molecule has 1 saturated heterocycles. The highest BCUT2D eigenvalue weighted by atomic mass is 15.1. The van der Waals surface area contributed by atoms with Gasteiger partial charge in [-0.3, -0.25) is 0 Å². The Morgan fingerprint density at radius 1 is 1.29 bits per heavy atom. The van der Waals surface area contributed by atoms with Crippen molar-refractivity contribution < 1.29 is 0 Å². The van der Waals surface area contributed by atoms with Crippen LogP contribution in [-0.2, 0) is 0 Å². The molecule has 0 bridgehead atoms. The third kappa shape index (κ3) is 3.63. The van der Waals surface area contributed by atoms with E-state index in [0.717, 1.165) is 12.2 Å². The van der Waals surface area contributed by atoms with Gasteiger partial charge in [0, 0.05) is 25.0 Å². The molecule has 1 heterocycles. The molecule has 1 aromatic rings. The van der Waals surface area contributed by atoms with Crippen LogP contribution in [0.2, 0.25) is 0 Å². The fraction of sp³-hybridized carbons (Fsp3) is 0.571. The van der Waals surface area contributed by atoms with Gasteiger partial charge in [0.2, 0.25) is 0 Å². The maximum absolute atomic E-state index is 5.79. The van der Waals surface area contributed by atoms with Gasteiger partial charge in [0.1, 0.15) is 0 Å². The average molecular weight is 233 g/mol. The van der Waals surface area contributed by atoms with Gasteiger partial charge in [0.05, 0.1) is 0 Å². The first-order chi connectivity index (χ1) is 8.25. The molecular weight excluding hydrogens is 210 g/mol. The largest absolute Gasteiger partial charge is 0.399 e. The van der Waals surface area contributed by atoms with Gasteiger partial charge in [-0.1, -0.05) is 6.07 Å². The number of nitrogen functional groups attached to an aromatic ring is 1. The van der Waals surface area contributed by atoms with Gasteiger partial charge in [-0.25, -0.2) is 0 Å². The molecule has 0 radical (unpaired) electrons. The fourth-order valence-corrected chi connectivity index (χ4v) is 2.43. The molecular formula is C14H23N3. The lowest BCUT2D eigenvalue weighted by atomic mass is 10.2. The van der Waals surface area contributed by atoms with E-state index in [9.17, 15) is 0 Å². The van der Waals surface area contributed by atoms with Gasteiger partial charge in [-0.15, -0.1) is 0 Å². The number of nitrogens with zero attached hydrogens (tertiary/aromatic N) is 2. The van der Waals surface area contributed by atoms with Crippen LogP contribution in [0.4, 0.5) is 11.4 Å². The molecule has 0 aliphatic carbocycles. The molecule has 0 spiro atoms. The summed E-state index contributed by atoms with van der Waals surface area (Å²) in [6.07, 6.45) is 3.99. The van der Waals surface area contributed by atoms with E-state index in [1.807, 2.05) is 18.2 Å². The first kappa shape index (κ1) is 12.2. The second-order valence-electron chi connectivity index (χ2n) is 4.92. The molecule has 0 saturated carbocycles. The monoisotopic (exact) mass is 233 g/mol. The molecule has 0 amide bonds. The van der Waals surface area contributed by atoms with Gasteiger partial charge in [0.15, 0.2) is 0 Å². The van der Waals surface area contributed by atoms with Crippen molar-refractivity contribution in [1.29, 1.82) is 0 Å². The van der Waals surface area contributed by atoms with Crippen molar-refractivity contribution in [3.63, 3.8) is 0 Å². The summed E-state index contributed by atoms with van der Waals surface area (Å²) in [5, 5.41) is 0. The Morgan fingerprint density at radius 2 is 2.06 bits per heavy atom. The Bertz CT molecular complexity index is 345. The lowest BCUT2D eigenvalue weighted by molar-refractivity contribution is 0.335. The highest BCUT2D eigenvalue weighted by Crippen LogP contribution is 2.16. The molecule has 2 N–H and O–H groups in total. The summed E-state index contributed by atoms with van der Waals surface area (Å²) in [7, 11) is 2.14. The van der Waals surface area contributed by atoms with Crippen LogP contribution in [0.25, 0.3) is 0 Å². The molecule has 0 atom stereocenters. The number of rotatable bonds is 5. The number of likely N-dealkylation sites (tertiary alicyclic amines) is 1. The number of anilines is 2. The minimum absolute atomic E-state index is 0.842. The molecule has 94 valence electrons. The zero-order valence-corrected chi connectivity index (χ0v) is 10.7. The summed E-state index contributed by atoms with van der Waals surface area (Å²) in [4.78, 5) is 4.85. The zero-order valence-electron chi connectivity index (χ0n) is 10.7. The molecule has 1 fully saturated rings. The predicted octanol–water partition coefficient (Wildman–Crippen LogP) is 2.19. The average Bonchev–Trinajstić information content (AvgIpc) is 2.82. The summed E-state index contributed by atoms with van der Waals surface area (Å²) < 4.78 is 0. The summed E-state index contributed by atoms with van der Waals surface area (Å²) in [5.74, 6) is 0. The van der Waals surface area contributed by atoms with Crippen molar-refractivity contribution in [1.82, 2.24) is 4.90 Å². The summed E-state index contributed by atoms with van der Waals surface area (Å²) in [6.45, 7) is 4.91. The lowest BCUT2D eigenvalue weighted by Gasteiger charge is -2.21. The molecule has 1 aliphatic rings. The highest BCUT2D eigenvalue weighted by molar-refractivity contribution is 5.55. The van der Waals surface area contributed by atoms with Crippen molar-refractivity contribution in [2.24, 2.45) is 0 Å².